The van der Waals surface area contributed by atoms with E-state index < -0.39 is 5.24 Å². The van der Waals surface area contributed by atoms with E-state index >= 15 is 0 Å². The lowest BCUT2D eigenvalue weighted by molar-refractivity contribution is 0.107. The maximum Gasteiger partial charge on any atom is 0.262 e. The first-order chi connectivity index (χ1) is 7.57. The highest BCUT2D eigenvalue weighted by Crippen LogP contribution is 2.02. The molecule has 0 bridgehead atoms. The summed E-state index contributed by atoms with van der Waals surface area (Å²) in [5.41, 5.74) is 0.489. The number of methoxy groups -OCH3 is 1. The molecule has 1 aromatic heterocycles. The summed E-state index contributed by atoms with van der Waals surface area (Å²) in [6.07, 6.45) is 0.719. The van der Waals surface area contributed by atoms with Crippen molar-refractivity contribution in [1.29, 1.82) is 0 Å². The molecule has 0 fully saturated rings. The number of carbonyl (C=O) groups is 1. The van der Waals surface area contributed by atoms with Crippen LogP contribution in [-0.4, -0.2) is 23.5 Å². The molecule has 0 atom stereocenters. The molecular formula is C11H14ClNO3. The van der Waals surface area contributed by atoms with Crippen LogP contribution in [0.1, 0.15) is 22.5 Å². The van der Waals surface area contributed by atoms with Crippen LogP contribution in [0.25, 0.3) is 0 Å². The number of halogens is 1. The summed E-state index contributed by atoms with van der Waals surface area (Å²) in [4.78, 5) is 22.8. The van der Waals surface area contributed by atoms with Gasteiger partial charge in [0, 0.05) is 26.0 Å². The number of rotatable bonds is 5. The van der Waals surface area contributed by atoms with E-state index in [1.165, 1.54) is 10.6 Å². The summed E-state index contributed by atoms with van der Waals surface area (Å²) < 4.78 is 6.45. The molecule has 16 heavy (non-hydrogen) atoms. The number of aryl methyl sites for hydroxylation is 1. The molecule has 1 rings (SSSR count). The van der Waals surface area contributed by atoms with Gasteiger partial charge >= 0.3 is 0 Å². The van der Waals surface area contributed by atoms with Gasteiger partial charge in [-0.15, -0.1) is 0 Å². The quantitative estimate of drug-likeness (QED) is 0.583. The Balaban J connectivity index is 3.02. The molecular weight excluding hydrogens is 230 g/mol. The van der Waals surface area contributed by atoms with Gasteiger partial charge in [0.15, 0.2) is 0 Å². The van der Waals surface area contributed by atoms with E-state index in [9.17, 15) is 9.59 Å². The van der Waals surface area contributed by atoms with Crippen LogP contribution >= 0.6 is 11.6 Å². The Labute approximate surface area is 98.8 Å². The van der Waals surface area contributed by atoms with E-state index in [1.54, 1.807) is 13.2 Å². The summed E-state index contributed by atoms with van der Waals surface area (Å²) in [7, 11) is 1.61. The number of hydrogen-bond donors (Lipinski definition) is 0. The van der Waals surface area contributed by atoms with Gasteiger partial charge in [0.05, 0.1) is 5.56 Å². The van der Waals surface area contributed by atoms with Crippen molar-refractivity contribution in [2.75, 3.05) is 13.7 Å². The van der Waals surface area contributed by atoms with E-state index in [1.807, 2.05) is 6.92 Å². The van der Waals surface area contributed by atoms with Gasteiger partial charge in [0.25, 0.3) is 10.8 Å². The van der Waals surface area contributed by atoms with Crippen LogP contribution in [-0.2, 0) is 11.3 Å². The smallest absolute Gasteiger partial charge is 0.262 e. The van der Waals surface area contributed by atoms with Crippen molar-refractivity contribution in [1.82, 2.24) is 4.57 Å². The van der Waals surface area contributed by atoms with E-state index in [-0.39, 0.29) is 11.1 Å². The summed E-state index contributed by atoms with van der Waals surface area (Å²) in [5, 5.41) is -0.717. The van der Waals surface area contributed by atoms with Crippen LogP contribution < -0.4 is 5.56 Å². The number of nitrogens with zero attached hydrogens (tertiary/aromatic N) is 1. The second kappa shape index (κ2) is 5.82. The zero-order valence-corrected chi connectivity index (χ0v) is 10.1. The maximum absolute atomic E-state index is 11.8. The van der Waals surface area contributed by atoms with Gasteiger partial charge in [-0.25, -0.2) is 0 Å². The second-order valence-electron chi connectivity index (χ2n) is 3.47. The average Bonchev–Trinajstić information content (AvgIpc) is 2.22. The topological polar surface area (TPSA) is 48.3 Å². The molecule has 88 valence electrons. The molecule has 0 radical (unpaired) electrons. The normalized spacial score (nSPS) is 10.4. The van der Waals surface area contributed by atoms with Crippen LogP contribution in [0.3, 0.4) is 0 Å². The maximum atomic E-state index is 11.8. The molecule has 0 aliphatic heterocycles. The Morgan fingerprint density at radius 2 is 2.19 bits per heavy atom. The number of carbonyl (C=O) groups excluding carboxylic acids is 1. The zero-order chi connectivity index (χ0) is 12.1. The third-order valence-electron chi connectivity index (χ3n) is 2.33. The highest BCUT2D eigenvalue weighted by molar-refractivity contribution is 6.67. The number of hydrogen-bond acceptors (Lipinski definition) is 3. The Hall–Kier alpha value is -1.13. The van der Waals surface area contributed by atoms with E-state index in [2.05, 4.69) is 0 Å². The van der Waals surface area contributed by atoms with E-state index in [4.69, 9.17) is 16.3 Å². The number of pyridine rings is 1. The van der Waals surface area contributed by atoms with Crippen LogP contribution in [0.5, 0.6) is 0 Å². The predicted octanol–water partition coefficient (Wildman–Crippen LogP) is 1.57. The molecule has 0 amide bonds. The van der Waals surface area contributed by atoms with Gasteiger partial charge in [-0.3, -0.25) is 9.59 Å². The Kier molecular flexibility index (Phi) is 4.71. The van der Waals surface area contributed by atoms with Gasteiger partial charge in [-0.2, -0.15) is 0 Å². The standard InChI is InChI=1S/C11H14ClNO3/c1-8-4-5-9(10(12)14)11(15)13(8)6-3-7-16-2/h4-5H,3,6-7H2,1-2H3. The van der Waals surface area contributed by atoms with E-state index in [0.717, 1.165) is 12.1 Å². The van der Waals surface area contributed by atoms with Crippen LogP contribution in [0.4, 0.5) is 0 Å². The SMILES string of the molecule is COCCCn1c(C)ccc(C(=O)Cl)c1=O. The molecule has 0 N–H and O–H groups in total. The summed E-state index contributed by atoms with van der Waals surface area (Å²) in [6.45, 7) is 2.91. The zero-order valence-electron chi connectivity index (χ0n) is 9.33. The largest absolute Gasteiger partial charge is 0.385 e. The van der Waals surface area contributed by atoms with Gasteiger partial charge in [-0.1, -0.05) is 0 Å². The fourth-order valence-electron chi connectivity index (χ4n) is 1.47. The van der Waals surface area contributed by atoms with Gasteiger partial charge in [-0.05, 0) is 37.1 Å². The van der Waals surface area contributed by atoms with Gasteiger partial charge in [0.1, 0.15) is 0 Å². The first-order valence-corrected chi connectivity index (χ1v) is 5.35. The summed E-state index contributed by atoms with van der Waals surface area (Å²) >= 11 is 5.32. The molecule has 4 nitrogen and oxygen atoms in total. The first kappa shape index (κ1) is 12.9. The third-order valence-corrected chi connectivity index (χ3v) is 2.54. The van der Waals surface area contributed by atoms with Crippen LogP contribution in [0, 0.1) is 6.92 Å². The van der Waals surface area contributed by atoms with Crippen molar-refractivity contribution in [2.24, 2.45) is 0 Å². The third kappa shape index (κ3) is 2.93. The molecule has 1 aromatic rings. The van der Waals surface area contributed by atoms with Crippen molar-refractivity contribution < 1.29 is 9.53 Å². The number of aromatic nitrogens is 1. The molecule has 0 spiro atoms. The van der Waals surface area contributed by atoms with Crippen molar-refractivity contribution >= 4 is 16.8 Å². The molecule has 0 saturated carbocycles. The molecule has 0 aromatic carbocycles. The molecule has 5 heteroatoms. The highest BCUT2D eigenvalue weighted by Gasteiger charge is 2.10. The van der Waals surface area contributed by atoms with Crippen molar-refractivity contribution in [3.63, 3.8) is 0 Å². The van der Waals surface area contributed by atoms with Gasteiger partial charge < -0.3 is 9.30 Å². The fraction of sp³-hybridized carbons (Fsp3) is 0.455. The minimum Gasteiger partial charge on any atom is -0.385 e. The number of ether oxygens (including phenoxy) is 1. The minimum absolute atomic E-state index is 0.0182. The lowest BCUT2D eigenvalue weighted by Gasteiger charge is -2.10. The first-order valence-electron chi connectivity index (χ1n) is 4.97. The molecule has 0 unspecified atom stereocenters. The molecule has 1 heterocycles. The monoisotopic (exact) mass is 243 g/mol. The Morgan fingerprint density at radius 3 is 2.75 bits per heavy atom. The molecule has 0 aliphatic carbocycles. The lowest BCUT2D eigenvalue weighted by Crippen LogP contribution is -2.27. The Bertz CT molecular complexity index is 439. The van der Waals surface area contributed by atoms with Crippen LogP contribution in [0.15, 0.2) is 16.9 Å². The van der Waals surface area contributed by atoms with Crippen molar-refractivity contribution in [3.05, 3.63) is 33.7 Å². The minimum atomic E-state index is -0.717. The van der Waals surface area contributed by atoms with Crippen molar-refractivity contribution in [3.8, 4) is 0 Å². The van der Waals surface area contributed by atoms with Gasteiger partial charge in [0.2, 0.25) is 0 Å². The second-order valence-corrected chi connectivity index (χ2v) is 3.81. The molecule has 0 saturated heterocycles. The average molecular weight is 244 g/mol. The van der Waals surface area contributed by atoms with Crippen molar-refractivity contribution in [2.45, 2.75) is 19.9 Å². The predicted molar refractivity (Wildman–Crippen MR) is 62.1 cm³/mol. The summed E-state index contributed by atoms with van der Waals surface area (Å²) in [5.74, 6) is 0. The highest BCUT2D eigenvalue weighted by atomic mass is 35.5. The van der Waals surface area contributed by atoms with Crippen LogP contribution in [0.2, 0.25) is 0 Å². The molecule has 0 aliphatic rings. The lowest BCUT2D eigenvalue weighted by atomic mass is 10.2. The Morgan fingerprint density at radius 1 is 1.50 bits per heavy atom. The fourth-order valence-corrected chi connectivity index (χ4v) is 1.61. The summed E-state index contributed by atoms with van der Waals surface area (Å²) in [6, 6.07) is 3.17. The van der Waals surface area contributed by atoms with E-state index in [0.29, 0.717) is 13.2 Å².